The molecule has 0 amide bonds. The average Bonchev–Trinajstić information content (AvgIpc) is 2.60. The van der Waals surface area contributed by atoms with Crippen molar-refractivity contribution in [3.05, 3.63) is 30.1 Å². The fourth-order valence-electron chi connectivity index (χ4n) is 2.96. The Morgan fingerprint density at radius 2 is 1.82 bits per heavy atom. The van der Waals surface area contributed by atoms with E-state index in [1.54, 1.807) is 0 Å². The minimum absolute atomic E-state index is 0.0167. The molecule has 152 valence electrons. The highest BCUT2D eigenvalue weighted by atomic mass is 32.2. The zero-order valence-corrected chi connectivity index (χ0v) is 17.2. The van der Waals surface area contributed by atoms with E-state index in [1.165, 1.54) is 6.07 Å². The van der Waals surface area contributed by atoms with Gasteiger partial charge in [0, 0.05) is 30.7 Å². The smallest absolute Gasteiger partial charge is 0.249 e. The van der Waals surface area contributed by atoms with Crippen molar-refractivity contribution < 1.29 is 26.0 Å². The molecule has 1 aliphatic rings. The zero-order valence-electron chi connectivity index (χ0n) is 15.6. The lowest BCUT2D eigenvalue weighted by atomic mass is 10.1. The highest BCUT2D eigenvalue weighted by Crippen LogP contribution is 2.30. The van der Waals surface area contributed by atoms with Crippen LogP contribution in [0.25, 0.3) is 11.3 Å². The molecule has 1 aliphatic heterocycles. The fourth-order valence-corrected chi connectivity index (χ4v) is 4.36. The maximum Gasteiger partial charge on any atom is 0.249 e. The van der Waals surface area contributed by atoms with Crippen LogP contribution in [0, 0.1) is 5.82 Å². The molecule has 1 fully saturated rings. The van der Waals surface area contributed by atoms with Crippen LogP contribution in [0.3, 0.4) is 0 Å². The minimum atomic E-state index is -3.79. The Bertz CT molecular complexity index is 1120. The van der Waals surface area contributed by atoms with E-state index in [0.717, 1.165) is 30.7 Å². The van der Waals surface area contributed by atoms with Gasteiger partial charge in [0.1, 0.15) is 11.6 Å². The number of hydrogen-bond donors (Lipinski definition) is 0. The van der Waals surface area contributed by atoms with Gasteiger partial charge >= 0.3 is 0 Å². The highest BCUT2D eigenvalue weighted by Gasteiger charge is 2.25. The molecule has 28 heavy (non-hydrogen) atoms. The van der Waals surface area contributed by atoms with Crippen molar-refractivity contribution in [2.45, 2.75) is 23.0 Å². The van der Waals surface area contributed by atoms with Crippen LogP contribution < -0.4 is 4.90 Å². The summed E-state index contributed by atoms with van der Waals surface area (Å²) >= 11 is 0. The molecule has 0 aliphatic carbocycles. The second kappa shape index (κ2) is 7.37. The second-order valence-corrected chi connectivity index (χ2v) is 10.6. The maximum absolute atomic E-state index is 13.9. The minimum Gasteiger partial charge on any atom is -0.377 e. The molecule has 1 saturated heterocycles. The van der Waals surface area contributed by atoms with Crippen LogP contribution in [0.2, 0.25) is 0 Å². The Balaban J connectivity index is 2.28. The van der Waals surface area contributed by atoms with Crippen LogP contribution in [0.4, 0.5) is 10.2 Å². The van der Waals surface area contributed by atoms with Crippen molar-refractivity contribution in [1.82, 2.24) is 9.97 Å². The number of rotatable bonds is 4. The summed E-state index contributed by atoms with van der Waals surface area (Å²) in [6.45, 7) is 3.24. The lowest BCUT2D eigenvalue weighted by molar-refractivity contribution is 0.0984. The normalized spacial score (nSPS) is 18.3. The number of ether oxygens (including phenoxy) is 1. The number of aromatic nitrogens is 2. The van der Waals surface area contributed by atoms with E-state index >= 15 is 0 Å². The Morgan fingerprint density at radius 3 is 2.43 bits per heavy atom. The molecular weight excluding hydrogens is 409 g/mol. The van der Waals surface area contributed by atoms with Crippen LogP contribution in [0.5, 0.6) is 0 Å². The van der Waals surface area contributed by atoms with E-state index in [4.69, 9.17) is 4.74 Å². The topological polar surface area (TPSA) is 107 Å². The summed E-state index contributed by atoms with van der Waals surface area (Å²) in [6.07, 6.45) is 1.95. The number of anilines is 1. The van der Waals surface area contributed by atoms with E-state index in [-0.39, 0.29) is 22.2 Å². The van der Waals surface area contributed by atoms with Crippen LogP contribution in [0.15, 0.2) is 34.3 Å². The average molecular weight is 429 g/mol. The molecule has 0 N–H and O–H groups in total. The molecule has 8 nitrogen and oxygen atoms in total. The van der Waals surface area contributed by atoms with Crippen molar-refractivity contribution in [1.29, 1.82) is 0 Å². The van der Waals surface area contributed by atoms with E-state index in [1.807, 2.05) is 11.8 Å². The maximum atomic E-state index is 13.9. The summed E-state index contributed by atoms with van der Waals surface area (Å²) in [5, 5.41) is -0.456. The summed E-state index contributed by atoms with van der Waals surface area (Å²) < 4.78 is 67.8. The van der Waals surface area contributed by atoms with Gasteiger partial charge in [-0.3, -0.25) is 0 Å². The lowest BCUT2D eigenvalue weighted by Crippen LogP contribution is -2.44. The van der Waals surface area contributed by atoms with Gasteiger partial charge in [-0.2, -0.15) is 0 Å². The van der Waals surface area contributed by atoms with E-state index < -0.39 is 30.6 Å². The van der Waals surface area contributed by atoms with E-state index in [0.29, 0.717) is 25.6 Å². The van der Waals surface area contributed by atoms with Gasteiger partial charge in [0.25, 0.3) is 0 Å². The first-order chi connectivity index (χ1) is 13.0. The summed E-state index contributed by atoms with van der Waals surface area (Å²) in [5.41, 5.74) is 0.000930. The van der Waals surface area contributed by atoms with Crippen molar-refractivity contribution in [2.75, 3.05) is 37.2 Å². The zero-order chi connectivity index (χ0) is 20.7. The third-order valence-electron chi connectivity index (χ3n) is 4.30. The third kappa shape index (κ3) is 4.31. The first-order valence-corrected chi connectivity index (χ1v) is 12.2. The van der Waals surface area contributed by atoms with Crippen molar-refractivity contribution in [2.24, 2.45) is 0 Å². The van der Waals surface area contributed by atoms with Gasteiger partial charge in [0.2, 0.25) is 15.0 Å². The van der Waals surface area contributed by atoms with Crippen molar-refractivity contribution in [3.8, 4) is 11.3 Å². The van der Waals surface area contributed by atoms with Gasteiger partial charge in [0.15, 0.2) is 9.84 Å². The Labute approximate surface area is 163 Å². The summed E-state index contributed by atoms with van der Waals surface area (Å²) in [6, 6.07) is 4.59. The van der Waals surface area contributed by atoms with Gasteiger partial charge in [-0.15, -0.1) is 0 Å². The summed E-state index contributed by atoms with van der Waals surface area (Å²) in [7, 11) is -7.50. The van der Waals surface area contributed by atoms with Crippen molar-refractivity contribution >= 4 is 25.5 Å². The number of halogens is 1. The molecule has 2 aromatic rings. The number of sulfone groups is 2. The molecule has 1 atom stereocenters. The lowest BCUT2D eigenvalue weighted by Gasteiger charge is -2.34. The monoisotopic (exact) mass is 429 g/mol. The number of benzene rings is 1. The molecule has 2 heterocycles. The molecule has 0 bridgehead atoms. The predicted molar refractivity (Wildman–Crippen MR) is 101 cm³/mol. The highest BCUT2D eigenvalue weighted by molar-refractivity contribution is 7.91. The Morgan fingerprint density at radius 1 is 1.11 bits per heavy atom. The second-order valence-electron chi connectivity index (χ2n) is 6.70. The fraction of sp³-hybridized carbons (Fsp3) is 0.412. The van der Waals surface area contributed by atoms with Crippen LogP contribution in [-0.2, 0) is 24.4 Å². The van der Waals surface area contributed by atoms with E-state index in [9.17, 15) is 21.2 Å². The van der Waals surface area contributed by atoms with E-state index in [2.05, 4.69) is 9.97 Å². The largest absolute Gasteiger partial charge is 0.377 e. The molecular formula is C17H20FN3O5S2. The van der Waals surface area contributed by atoms with Gasteiger partial charge in [-0.1, -0.05) is 0 Å². The number of morpholine rings is 1. The molecule has 0 radical (unpaired) electrons. The molecule has 11 heteroatoms. The molecule has 0 saturated carbocycles. The van der Waals surface area contributed by atoms with Gasteiger partial charge < -0.3 is 9.64 Å². The van der Waals surface area contributed by atoms with Crippen LogP contribution in [0.1, 0.15) is 6.92 Å². The standard InChI is InChI=1S/C17H20FN3O5S2/c1-11-10-26-7-6-21(11)16-9-14(19-17(20-16)28(3,24)25)13-8-12(18)4-5-15(13)27(2,22)23/h4-5,8-9,11H,6-7,10H2,1-3H3. The van der Waals surface area contributed by atoms with Crippen LogP contribution >= 0.6 is 0 Å². The van der Waals surface area contributed by atoms with Crippen LogP contribution in [-0.4, -0.2) is 65.1 Å². The number of hydrogen-bond acceptors (Lipinski definition) is 8. The SMILES string of the molecule is CC1COCCN1c1cc(-c2cc(F)ccc2S(C)(=O)=O)nc(S(C)(=O)=O)n1. The third-order valence-corrected chi connectivity index (χ3v) is 6.30. The predicted octanol–water partition coefficient (Wildman–Crippen LogP) is 1.31. The van der Waals surface area contributed by atoms with Gasteiger partial charge in [-0.05, 0) is 25.1 Å². The Kier molecular flexibility index (Phi) is 5.43. The van der Waals surface area contributed by atoms with Gasteiger partial charge in [0.05, 0.1) is 29.8 Å². The molecule has 0 spiro atoms. The number of nitrogens with zero attached hydrogens (tertiary/aromatic N) is 3. The quantitative estimate of drug-likeness (QED) is 0.529. The summed E-state index contributed by atoms with van der Waals surface area (Å²) in [5.74, 6) is -0.354. The first-order valence-electron chi connectivity index (χ1n) is 8.40. The molecule has 1 aromatic carbocycles. The first kappa shape index (κ1) is 20.6. The van der Waals surface area contributed by atoms with Gasteiger partial charge in [-0.25, -0.2) is 31.2 Å². The van der Waals surface area contributed by atoms with Crippen molar-refractivity contribution in [3.63, 3.8) is 0 Å². The summed E-state index contributed by atoms with van der Waals surface area (Å²) in [4.78, 5) is 9.87. The molecule has 1 unspecified atom stereocenters. The molecule has 1 aromatic heterocycles. The Hall–Kier alpha value is -2.11. The molecule has 3 rings (SSSR count).